The number of carbonyl (C=O) groups excluding carboxylic acids is 6. The lowest BCUT2D eigenvalue weighted by Gasteiger charge is -2.11. The largest absolute Gasteiger partial charge is 0.513 e. The molecule has 14 nitrogen and oxygen atoms in total. The minimum Gasteiger partial charge on any atom is -0.462 e. The third kappa shape index (κ3) is 14.7. The highest BCUT2D eigenvalue weighted by Gasteiger charge is 2.15. The first-order valence-corrected chi connectivity index (χ1v) is 16.4. The molecule has 0 amide bonds. The first-order valence-electron chi connectivity index (χ1n) is 16.4. The molecular formula is C39H40O14. The number of rotatable bonds is 18. The Bertz CT molecular complexity index is 1790. The zero-order valence-corrected chi connectivity index (χ0v) is 29.6. The molecule has 3 aromatic rings. The van der Waals surface area contributed by atoms with E-state index >= 15 is 0 Å². The molecule has 0 aliphatic rings. The molecule has 53 heavy (non-hydrogen) atoms. The van der Waals surface area contributed by atoms with Crippen LogP contribution in [0.1, 0.15) is 65.8 Å². The highest BCUT2D eigenvalue weighted by atomic mass is 16.7. The van der Waals surface area contributed by atoms with Gasteiger partial charge >= 0.3 is 36.2 Å². The maximum atomic E-state index is 12.7. The molecule has 14 heteroatoms. The molecule has 0 fully saturated rings. The Hall–Kier alpha value is -6.44. The Morgan fingerprint density at radius 1 is 0.491 bits per heavy atom. The Balaban J connectivity index is 1.39. The monoisotopic (exact) mass is 732 g/mol. The standard InChI is InChI=1S/C39H40O14/c1-25(2)34(40)46-20-6-8-22-48-38(44)51-30-14-10-28(11-15-30)36(42)50-32-18-19-33(27(5)24-32)53-37(43)29-12-16-31(17-13-29)52-39(45)49-23-9-7-21-47-35(41)26(3)4/h10-19,24H,1,3,6-9,20-23H2,2,4-5H3. The number of esters is 4. The van der Waals surface area contributed by atoms with E-state index in [1.807, 2.05) is 0 Å². The van der Waals surface area contributed by atoms with E-state index in [1.165, 1.54) is 66.7 Å². The van der Waals surface area contributed by atoms with E-state index in [0.29, 0.717) is 42.4 Å². The second-order valence-electron chi connectivity index (χ2n) is 11.4. The second kappa shape index (κ2) is 21.0. The van der Waals surface area contributed by atoms with E-state index in [4.69, 9.17) is 37.9 Å². The second-order valence-corrected chi connectivity index (χ2v) is 11.4. The SMILES string of the molecule is C=C(C)C(=O)OCCCCOC(=O)Oc1ccc(C(=O)Oc2ccc(OC(=O)c3ccc(OC(=O)OCCCCOC(=O)C(=C)C)cc3)c(C)c2)cc1. The number of benzene rings is 3. The molecule has 0 saturated heterocycles. The fourth-order valence-corrected chi connectivity index (χ4v) is 3.99. The highest BCUT2D eigenvalue weighted by molar-refractivity contribution is 5.92. The lowest BCUT2D eigenvalue weighted by Crippen LogP contribution is -2.13. The average Bonchev–Trinajstić information content (AvgIpc) is 3.12. The first kappa shape index (κ1) is 41.0. The Morgan fingerprint density at radius 3 is 1.26 bits per heavy atom. The van der Waals surface area contributed by atoms with Gasteiger partial charge in [0.05, 0.1) is 37.6 Å². The molecule has 0 aliphatic heterocycles. The van der Waals surface area contributed by atoms with Gasteiger partial charge in [0.15, 0.2) is 0 Å². The van der Waals surface area contributed by atoms with Crippen molar-refractivity contribution in [1.29, 1.82) is 0 Å². The molecule has 0 spiro atoms. The molecule has 0 atom stereocenters. The molecule has 0 saturated carbocycles. The minimum atomic E-state index is -0.926. The number of carbonyl (C=O) groups is 6. The third-order valence-electron chi connectivity index (χ3n) is 6.82. The van der Waals surface area contributed by atoms with Crippen LogP contribution in [0.2, 0.25) is 0 Å². The summed E-state index contributed by atoms with van der Waals surface area (Å²) in [6.45, 7) is 12.2. The predicted molar refractivity (Wildman–Crippen MR) is 188 cm³/mol. The number of ether oxygens (including phenoxy) is 8. The van der Waals surface area contributed by atoms with E-state index in [9.17, 15) is 28.8 Å². The van der Waals surface area contributed by atoms with Crippen LogP contribution in [0.4, 0.5) is 9.59 Å². The van der Waals surface area contributed by atoms with Crippen molar-refractivity contribution in [2.45, 2.75) is 46.5 Å². The molecule has 0 aromatic heterocycles. The summed E-state index contributed by atoms with van der Waals surface area (Å²) >= 11 is 0. The zero-order chi connectivity index (χ0) is 38.8. The van der Waals surface area contributed by atoms with Gasteiger partial charge in [0.2, 0.25) is 0 Å². The van der Waals surface area contributed by atoms with Crippen molar-refractivity contribution >= 4 is 36.2 Å². The van der Waals surface area contributed by atoms with Crippen LogP contribution in [0.15, 0.2) is 91.0 Å². The third-order valence-corrected chi connectivity index (χ3v) is 6.82. The maximum absolute atomic E-state index is 12.7. The first-order chi connectivity index (χ1) is 25.3. The fraction of sp³-hybridized carbons (Fsp3) is 0.282. The quantitative estimate of drug-likeness (QED) is 0.0319. The Morgan fingerprint density at radius 2 is 0.868 bits per heavy atom. The number of hydrogen-bond acceptors (Lipinski definition) is 14. The van der Waals surface area contributed by atoms with Gasteiger partial charge in [-0.15, -0.1) is 0 Å². The van der Waals surface area contributed by atoms with Crippen LogP contribution in [-0.4, -0.2) is 62.6 Å². The fourth-order valence-electron chi connectivity index (χ4n) is 3.99. The topological polar surface area (TPSA) is 176 Å². The van der Waals surface area contributed by atoms with Crippen molar-refractivity contribution in [2.24, 2.45) is 0 Å². The summed E-state index contributed by atoms with van der Waals surface area (Å²) in [5, 5.41) is 0. The normalized spacial score (nSPS) is 10.2. The maximum Gasteiger partial charge on any atom is 0.513 e. The lowest BCUT2D eigenvalue weighted by molar-refractivity contribution is -0.140. The van der Waals surface area contributed by atoms with Crippen LogP contribution in [0.25, 0.3) is 0 Å². The summed E-state index contributed by atoms with van der Waals surface area (Å²) in [4.78, 5) is 72.0. The van der Waals surface area contributed by atoms with Crippen LogP contribution in [0, 0.1) is 6.92 Å². The van der Waals surface area contributed by atoms with Gasteiger partial charge in [0.1, 0.15) is 23.0 Å². The van der Waals surface area contributed by atoms with Crippen molar-refractivity contribution in [2.75, 3.05) is 26.4 Å². The van der Waals surface area contributed by atoms with E-state index in [1.54, 1.807) is 20.8 Å². The van der Waals surface area contributed by atoms with Gasteiger partial charge in [-0.05, 0) is 119 Å². The summed E-state index contributed by atoms with van der Waals surface area (Å²) in [5.74, 6) is -1.58. The average molecular weight is 733 g/mol. The zero-order valence-electron chi connectivity index (χ0n) is 29.6. The Kier molecular flexibility index (Phi) is 16.3. The van der Waals surface area contributed by atoms with Crippen molar-refractivity contribution in [3.63, 3.8) is 0 Å². The van der Waals surface area contributed by atoms with Gasteiger partial charge in [-0.2, -0.15) is 0 Å². The summed E-state index contributed by atoms with van der Waals surface area (Å²) < 4.78 is 41.1. The van der Waals surface area contributed by atoms with Crippen LogP contribution in [-0.2, 0) is 28.5 Å². The van der Waals surface area contributed by atoms with E-state index in [0.717, 1.165) is 0 Å². The van der Waals surface area contributed by atoms with Gasteiger partial charge in [-0.25, -0.2) is 28.8 Å². The van der Waals surface area contributed by atoms with E-state index < -0.39 is 36.2 Å². The van der Waals surface area contributed by atoms with Crippen molar-refractivity contribution in [3.05, 3.63) is 108 Å². The molecule has 0 bridgehead atoms. The van der Waals surface area contributed by atoms with Gasteiger partial charge < -0.3 is 37.9 Å². The van der Waals surface area contributed by atoms with Crippen LogP contribution < -0.4 is 18.9 Å². The molecule has 0 unspecified atom stereocenters. The van der Waals surface area contributed by atoms with E-state index in [-0.39, 0.29) is 60.6 Å². The van der Waals surface area contributed by atoms with Crippen LogP contribution in [0.5, 0.6) is 23.0 Å². The summed E-state index contributed by atoms with van der Waals surface area (Å²) in [6.07, 6.45) is 0.0500. The number of unbranched alkanes of at least 4 members (excludes halogenated alkanes) is 2. The van der Waals surface area contributed by atoms with Crippen molar-refractivity contribution in [1.82, 2.24) is 0 Å². The highest BCUT2D eigenvalue weighted by Crippen LogP contribution is 2.26. The molecule has 0 radical (unpaired) electrons. The summed E-state index contributed by atoms with van der Waals surface area (Å²) in [5.41, 5.74) is 1.49. The van der Waals surface area contributed by atoms with Gasteiger partial charge in [0, 0.05) is 11.1 Å². The van der Waals surface area contributed by atoms with Crippen molar-refractivity contribution in [3.8, 4) is 23.0 Å². The Labute approximate surface area is 306 Å². The molecule has 0 aliphatic carbocycles. The lowest BCUT2D eigenvalue weighted by atomic mass is 10.2. The summed E-state index contributed by atoms with van der Waals surface area (Å²) in [6, 6.07) is 15.8. The number of aryl methyl sites for hydroxylation is 1. The molecular weight excluding hydrogens is 692 g/mol. The van der Waals surface area contributed by atoms with Crippen molar-refractivity contribution < 1.29 is 66.7 Å². The molecule has 3 aromatic carbocycles. The van der Waals surface area contributed by atoms with E-state index in [2.05, 4.69) is 13.2 Å². The summed E-state index contributed by atoms with van der Waals surface area (Å²) in [7, 11) is 0. The predicted octanol–water partition coefficient (Wildman–Crippen LogP) is 7.26. The number of hydrogen-bond donors (Lipinski definition) is 0. The smallest absolute Gasteiger partial charge is 0.462 e. The van der Waals surface area contributed by atoms with Crippen LogP contribution >= 0.6 is 0 Å². The van der Waals surface area contributed by atoms with Crippen LogP contribution in [0.3, 0.4) is 0 Å². The van der Waals surface area contributed by atoms with Gasteiger partial charge in [0.25, 0.3) is 0 Å². The molecule has 0 heterocycles. The molecule has 3 rings (SSSR count). The minimum absolute atomic E-state index is 0.0654. The molecule has 280 valence electrons. The van der Waals surface area contributed by atoms with Gasteiger partial charge in [-0.3, -0.25) is 0 Å². The molecule has 0 N–H and O–H groups in total. The van der Waals surface area contributed by atoms with Gasteiger partial charge in [-0.1, -0.05) is 13.2 Å².